The first-order valence-electron chi connectivity index (χ1n) is 9.27. The summed E-state index contributed by atoms with van der Waals surface area (Å²) in [5.74, 6) is 3.96. The van der Waals surface area contributed by atoms with E-state index in [1.807, 2.05) is 31.7 Å². The molecule has 0 radical (unpaired) electrons. The maximum Gasteiger partial charge on any atom is 0.216 e. The number of aliphatic hydroxyl groups is 1. The number of aromatic nitrogens is 1. The first-order valence-corrected chi connectivity index (χ1v) is 12.8. The standard InChI is InChI=1S/C20H32N2O3Si/c1-20(2,3)25-19(23)22-12-7-8-17(22)15-24-18-14-21-11-9-16(18)10-13-26(4,5)6/h9,11,14,17,19,23H,7-8,12,15H2,1-6H3/t17-,19?/m0/s1. The third-order valence-corrected chi connectivity index (χ3v) is 4.83. The van der Waals surface area contributed by atoms with Gasteiger partial charge in [0.2, 0.25) is 6.41 Å². The molecule has 1 unspecified atom stereocenters. The third-order valence-electron chi connectivity index (χ3n) is 3.95. The van der Waals surface area contributed by atoms with Gasteiger partial charge in [0, 0.05) is 18.8 Å². The van der Waals surface area contributed by atoms with Gasteiger partial charge in [-0.3, -0.25) is 4.98 Å². The zero-order valence-corrected chi connectivity index (χ0v) is 17.9. The van der Waals surface area contributed by atoms with Crippen molar-refractivity contribution in [2.75, 3.05) is 13.2 Å². The molecule has 0 aliphatic carbocycles. The summed E-state index contributed by atoms with van der Waals surface area (Å²) in [4.78, 5) is 6.14. The van der Waals surface area contributed by atoms with Crippen LogP contribution in [0.2, 0.25) is 19.6 Å². The molecule has 0 bridgehead atoms. The molecule has 1 N–H and O–H groups in total. The Labute approximate surface area is 158 Å². The summed E-state index contributed by atoms with van der Waals surface area (Å²) in [6.45, 7) is 13.8. The van der Waals surface area contributed by atoms with Crippen LogP contribution in [0.3, 0.4) is 0 Å². The summed E-state index contributed by atoms with van der Waals surface area (Å²) < 4.78 is 11.7. The first kappa shape index (κ1) is 20.9. The summed E-state index contributed by atoms with van der Waals surface area (Å²) in [5.41, 5.74) is 3.85. The minimum Gasteiger partial charge on any atom is -0.489 e. The molecule has 144 valence electrons. The Morgan fingerprint density at radius 3 is 2.77 bits per heavy atom. The molecular formula is C20H32N2O3Si. The molecule has 0 saturated carbocycles. The lowest BCUT2D eigenvalue weighted by Gasteiger charge is -2.33. The van der Waals surface area contributed by atoms with Crippen molar-refractivity contribution in [2.45, 2.75) is 71.3 Å². The molecule has 2 heterocycles. The molecule has 1 fully saturated rings. The van der Waals surface area contributed by atoms with Crippen LogP contribution in [0, 0.1) is 11.5 Å². The van der Waals surface area contributed by atoms with Gasteiger partial charge in [0.1, 0.15) is 14.7 Å². The molecule has 0 amide bonds. The second kappa shape index (κ2) is 8.53. The Balaban J connectivity index is 2.03. The van der Waals surface area contributed by atoms with Gasteiger partial charge in [-0.2, -0.15) is 0 Å². The van der Waals surface area contributed by atoms with E-state index < -0.39 is 20.1 Å². The lowest BCUT2D eigenvalue weighted by Crippen LogP contribution is -2.46. The number of hydrogen-bond donors (Lipinski definition) is 1. The van der Waals surface area contributed by atoms with Crippen molar-refractivity contribution in [3.05, 3.63) is 24.0 Å². The molecule has 1 saturated heterocycles. The van der Waals surface area contributed by atoms with Crippen LogP contribution >= 0.6 is 0 Å². The Hall–Kier alpha value is -1.39. The van der Waals surface area contributed by atoms with Gasteiger partial charge in [-0.25, -0.2) is 4.90 Å². The smallest absolute Gasteiger partial charge is 0.216 e. The van der Waals surface area contributed by atoms with Crippen molar-refractivity contribution >= 4 is 8.07 Å². The molecule has 1 aromatic rings. The molecule has 1 aromatic heterocycles. The van der Waals surface area contributed by atoms with E-state index in [9.17, 15) is 5.11 Å². The van der Waals surface area contributed by atoms with Crippen molar-refractivity contribution < 1.29 is 14.6 Å². The molecule has 6 heteroatoms. The fourth-order valence-electron chi connectivity index (χ4n) is 2.75. The molecule has 26 heavy (non-hydrogen) atoms. The van der Waals surface area contributed by atoms with Crippen molar-refractivity contribution in [1.82, 2.24) is 9.88 Å². The van der Waals surface area contributed by atoms with Gasteiger partial charge in [0.05, 0.1) is 17.4 Å². The van der Waals surface area contributed by atoms with Crippen LogP contribution in [0.25, 0.3) is 0 Å². The average molecular weight is 377 g/mol. The highest BCUT2D eigenvalue weighted by Gasteiger charge is 2.33. The maximum atomic E-state index is 10.4. The number of likely N-dealkylation sites (tertiary alicyclic amines) is 1. The zero-order chi connectivity index (χ0) is 19.4. The topological polar surface area (TPSA) is 54.8 Å². The van der Waals surface area contributed by atoms with Crippen molar-refractivity contribution in [2.24, 2.45) is 0 Å². The first-order chi connectivity index (χ1) is 12.1. The predicted molar refractivity (Wildman–Crippen MR) is 107 cm³/mol. The molecule has 0 aromatic carbocycles. The van der Waals surface area contributed by atoms with Crippen LogP contribution in [0.4, 0.5) is 0 Å². The Morgan fingerprint density at radius 2 is 2.12 bits per heavy atom. The van der Waals surface area contributed by atoms with Crippen molar-refractivity contribution in [3.8, 4) is 17.2 Å². The fraction of sp³-hybridized carbons (Fsp3) is 0.650. The normalized spacial score (nSPS) is 19.7. The molecule has 5 nitrogen and oxygen atoms in total. The van der Waals surface area contributed by atoms with Crippen LogP contribution < -0.4 is 4.74 Å². The number of hydrogen-bond acceptors (Lipinski definition) is 5. The van der Waals surface area contributed by atoms with Gasteiger partial charge in [-0.15, -0.1) is 5.54 Å². The Morgan fingerprint density at radius 1 is 1.38 bits per heavy atom. The van der Waals surface area contributed by atoms with Crippen LogP contribution in [-0.4, -0.2) is 54.3 Å². The largest absolute Gasteiger partial charge is 0.489 e. The van der Waals surface area contributed by atoms with Crippen LogP contribution in [-0.2, 0) is 4.74 Å². The number of ether oxygens (including phenoxy) is 2. The second-order valence-corrected chi connectivity index (χ2v) is 13.5. The summed E-state index contributed by atoms with van der Waals surface area (Å²) >= 11 is 0. The number of nitrogens with zero attached hydrogens (tertiary/aromatic N) is 2. The summed E-state index contributed by atoms with van der Waals surface area (Å²) in [6.07, 6.45) is 4.54. The van der Waals surface area contributed by atoms with Crippen LogP contribution in [0.15, 0.2) is 18.5 Å². The van der Waals surface area contributed by atoms with Gasteiger partial charge < -0.3 is 14.6 Å². The van der Waals surface area contributed by atoms with Crippen molar-refractivity contribution in [1.29, 1.82) is 0 Å². The van der Waals surface area contributed by atoms with E-state index in [0.29, 0.717) is 12.4 Å². The molecule has 1 aliphatic rings. The molecular weight excluding hydrogens is 344 g/mol. The van der Waals surface area contributed by atoms with Gasteiger partial charge in [0.15, 0.2) is 5.75 Å². The van der Waals surface area contributed by atoms with E-state index in [0.717, 1.165) is 24.9 Å². The van der Waals surface area contributed by atoms with Crippen LogP contribution in [0.1, 0.15) is 39.2 Å². The van der Waals surface area contributed by atoms with E-state index in [4.69, 9.17) is 9.47 Å². The molecule has 2 atom stereocenters. The van der Waals surface area contributed by atoms with Gasteiger partial charge in [0.25, 0.3) is 0 Å². The maximum absolute atomic E-state index is 10.4. The Kier molecular flexibility index (Phi) is 6.86. The number of rotatable bonds is 5. The molecule has 1 aliphatic heterocycles. The number of pyridine rings is 1. The third kappa shape index (κ3) is 6.73. The average Bonchev–Trinajstić information content (AvgIpc) is 2.98. The zero-order valence-electron chi connectivity index (χ0n) is 16.9. The van der Waals surface area contributed by atoms with E-state index in [2.05, 4.69) is 36.1 Å². The highest BCUT2D eigenvalue weighted by molar-refractivity contribution is 6.83. The minimum absolute atomic E-state index is 0.116. The van der Waals surface area contributed by atoms with Gasteiger partial charge in [-0.05, 0) is 39.7 Å². The van der Waals surface area contributed by atoms with E-state index in [1.165, 1.54) is 0 Å². The van der Waals surface area contributed by atoms with E-state index in [1.54, 1.807) is 12.4 Å². The summed E-state index contributed by atoms with van der Waals surface area (Å²) in [6, 6.07) is 2.01. The monoisotopic (exact) mass is 376 g/mol. The summed E-state index contributed by atoms with van der Waals surface area (Å²) in [7, 11) is -1.46. The molecule has 2 rings (SSSR count). The SMILES string of the molecule is CC(C)(C)OC(O)N1CCC[C@H]1COc1cnccc1C#C[Si](C)(C)C. The van der Waals surface area contributed by atoms with E-state index in [-0.39, 0.29) is 6.04 Å². The predicted octanol–water partition coefficient (Wildman–Crippen LogP) is 3.24. The highest BCUT2D eigenvalue weighted by atomic mass is 28.3. The van der Waals surface area contributed by atoms with Gasteiger partial charge in [-0.1, -0.05) is 25.6 Å². The van der Waals surface area contributed by atoms with Crippen LogP contribution in [0.5, 0.6) is 5.75 Å². The fourth-order valence-corrected chi connectivity index (χ4v) is 3.26. The lowest BCUT2D eigenvalue weighted by molar-refractivity contribution is -0.243. The Bertz CT molecular complexity index is 655. The van der Waals surface area contributed by atoms with Gasteiger partial charge >= 0.3 is 0 Å². The minimum atomic E-state index is -1.46. The highest BCUT2D eigenvalue weighted by Crippen LogP contribution is 2.24. The van der Waals surface area contributed by atoms with E-state index >= 15 is 0 Å². The number of aliphatic hydroxyl groups excluding tert-OH is 1. The summed E-state index contributed by atoms with van der Waals surface area (Å²) in [5, 5.41) is 10.4. The quantitative estimate of drug-likeness (QED) is 0.486. The lowest BCUT2D eigenvalue weighted by atomic mass is 10.2. The molecule has 0 spiro atoms. The second-order valence-electron chi connectivity index (χ2n) is 8.77. The van der Waals surface area contributed by atoms with Crippen molar-refractivity contribution in [3.63, 3.8) is 0 Å².